The maximum absolute atomic E-state index is 11.9. The second kappa shape index (κ2) is 11.0. The molecule has 0 spiro atoms. The number of carboxylic acids is 2. The summed E-state index contributed by atoms with van der Waals surface area (Å²) in [5.74, 6) is -3.12. The SMILES string of the molecule is CCOC(=O)[C@H]1CCCCN1NOc1ccccc1.O=C(O)C(=O)O. The molecule has 1 saturated heterocycles. The van der Waals surface area contributed by atoms with Gasteiger partial charge in [-0.05, 0) is 38.3 Å². The molecule has 0 amide bonds. The first-order valence-electron chi connectivity index (χ1n) is 7.82. The van der Waals surface area contributed by atoms with Crippen molar-refractivity contribution in [3.63, 3.8) is 0 Å². The Kier molecular flexibility index (Phi) is 8.97. The highest BCUT2D eigenvalue weighted by atomic mass is 16.7. The van der Waals surface area contributed by atoms with Crippen LogP contribution in [0.3, 0.4) is 0 Å². The van der Waals surface area contributed by atoms with Crippen molar-refractivity contribution in [3.8, 4) is 5.75 Å². The van der Waals surface area contributed by atoms with Crippen molar-refractivity contribution in [2.45, 2.75) is 32.2 Å². The monoisotopic (exact) mass is 354 g/mol. The first-order valence-corrected chi connectivity index (χ1v) is 7.82. The molecule has 0 unspecified atom stereocenters. The summed E-state index contributed by atoms with van der Waals surface area (Å²) in [7, 11) is 0. The Bertz CT molecular complexity index is 553. The van der Waals surface area contributed by atoms with Gasteiger partial charge in [0.2, 0.25) is 0 Å². The van der Waals surface area contributed by atoms with Crippen LogP contribution in [0.25, 0.3) is 0 Å². The molecule has 9 nitrogen and oxygen atoms in total. The van der Waals surface area contributed by atoms with Crippen LogP contribution in [0.2, 0.25) is 0 Å². The van der Waals surface area contributed by atoms with Gasteiger partial charge in [-0.25, -0.2) is 9.59 Å². The number of nitrogens with one attached hydrogen (secondary N) is 1. The number of hydrogen-bond acceptors (Lipinski definition) is 7. The van der Waals surface area contributed by atoms with E-state index in [1.165, 1.54) is 0 Å². The van der Waals surface area contributed by atoms with Crippen molar-refractivity contribution >= 4 is 17.9 Å². The highest BCUT2D eigenvalue weighted by molar-refractivity contribution is 6.27. The van der Waals surface area contributed by atoms with Crippen LogP contribution in [0, 0.1) is 0 Å². The van der Waals surface area contributed by atoms with E-state index in [2.05, 4.69) is 5.59 Å². The summed E-state index contributed by atoms with van der Waals surface area (Å²) >= 11 is 0. The van der Waals surface area contributed by atoms with Crippen molar-refractivity contribution < 1.29 is 34.2 Å². The molecule has 1 aromatic carbocycles. The summed E-state index contributed by atoms with van der Waals surface area (Å²) in [5.41, 5.74) is 2.86. The van der Waals surface area contributed by atoms with Gasteiger partial charge in [0.05, 0.1) is 6.61 Å². The molecule has 0 aliphatic carbocycles. The smallest absolute Gasteiger partial charge is 0.414 e. The van der Waals surface area contributed by atoms with Gasteiger partial charge in [-0.3, -0.25) is 4.79 Å². The van der Waals surface area contributed by atoms with Crippen LogP contribution >= 0.6 is 0 Å². The Balaban J connectivity index is 0.000000450. The van der Waals surface area contributed by atoms with E-state index in [9.17, 15) is 4.79 Å². The molecule has 0 saturated carbocycles. The topological polar surface area (TPSA) is 125 Å². The predicted octanol–water partition coefficient (Wildman–Crippen LogP) is 1.06. The van der Waals surface area contributed by atoms with Crippen molar-refractivity contribution in [2.75, 3.05) is 13.2 Å². The van der Waals surface area contributed by atoms with Crippen LogP contribution in [-0.4, -0.2) is 52.3 Å². The van der Waals surface area contributed by atoms with Gasteiger partial charge in [0.1, 0.15) is 11.8 Å². The Morgan fingerprint density at radius 1 is 1.16 bits per heavy atom. The molecule has 1 heterocycles. The largest absolute Gasteiger partial charge is 0.473 e. The predicted molar refractivity (Wildman–Crippen MR) is 86.5 cm³/mol. The first-order chi connectivity index (χ1) is 12.0. The molecule has 9 heteroatoms. The number of para-hydroxylation sites is 1. The molecular formula is C16H22N2O7. The average molecular weight is 354 g/mol. The van der Waals surface area contributed by atoms with Crippen LogP contribution in [0.15, 0.2) is 30.3 Å². The lowest BCUT2D eigenvalue weighted by molar-refractivity contribution is -0.159. The summed E-state index contributed by atoms with van der Waals surface area (Å²) in [6.07, 6.45) is 2.87. The van der Waals surface area contributed by atoms with E-state index in [-0.39, 0.29) is 12.0 Å². The van der Waals surface area contributed by atoms with E-state index in [0.717, 1.165) is 31.6 Å². The molecule has 1 atom stereocenters. The normalized spacial score (nSPS) is 16.9. The first kappa shape index (κ1) is 20.4. The second-order valence-corrected chi connectivity index (χ2v) is 5.07. The summed E-state index contributed by atoms with van der Waals surface area (Å²) < 4.78 is 5.09. The number of ether oxygens (including phenoxy) is 1. The standard InChI is InChI=1S/C14H20N2O3.C2H2O4/c1-2-18-14(17)13-10-6-7-11-16(13)15-19-12-8-4-3-5-9-12;3-1(4)2(5)6/h3-5,8-9,13,15H,2,6-7,10-11H2,1H3;(H,3,4)(H,5,6)/t13-;/m1./s1. The lowest BCUT2D eigenvalue weighted by Gasteiger charge is -2.33. The number of carbonyl (C=O) groups is 3. The maximum atomic E-state index is 11.9. The summed E-state index contributed by atoms with van der Waals surface area (Å²) in [5, 5.41) is 16.6. The third kappa shape index (κ3) is 7.64. The zero-order valence-corrected chi connectivity index (χ0v) is 13.9. The van der Waals surface area contributed by atoms with Crippen molar-refractivity contribution in [3.05, 3.63) is 30.3 Å². The lowest BCUT2D eigenvalue weighted by Crippen LogP contribution is -2.53. The molecule has 1 aliphatic rings. The van der Waals surface area contributed by atoms with E-state index in [1.807, 2.05) is 42.3 Å². The molecular weight excluding hydrogens is 332 g/mol. The fourth-order valence-corrected chi connectivity index (χ4v) is 2.12. The number of esters is 1. The van der Waals surface area contributed by atoms with E-state index in [4.69, 9.17) is 29.4 Å². The van der Waals surface area contributed by atoms with Crippen LogP contribution < -0.4 is 10.4 Å². The molecule has 25 heavy (non-hydrogen) atoms. The van der Waals surface area contributed by atoms with Crippen LogP contribution in [-0.2, 0) is 19.1 Å². The van der Waals surface area contributed by atoms with Crippen LogP contribution in [0.4, 0.5) is 0 Å². The number of piperidine rings is 1. The Hall–Kier alpha value is -2.65. The molecule has 1 fully saturated rings. The average Bonchev–Trinajstić information content (AvgIpc) is 2.62. The Morgan fingerprint density at radius 2 is 1.80 bits per heavy atom. The molecule has 0 bridgehead atoms. The highest BCUT2D eigenvalue weighted by Crippen LogP contribution is 2.17. The van der Waals surface area contributed by atoms with Gasteiger partial charge >= 0.3 is 17.9 Å². The third-order valence-corrected chi connectivity index (χ3v) is 3.27. The minimum atomic E-state index is -1.82. The number of nitrogens with zero attached hydrogens (tertiary/aromatic N) is 1. The van der Waals surface area contributed by atoms with E-state index >= 15 is 0 Å². The van der Waals surface area contributed by atoms with Gasteiger partial charge in [0.15, 0.2) is 0 Å². The van der Waals surface area contributed by atoms with Crippen molar-refractivity contribution in [1.29, 1.82) is 0 Å². The van der Waals surface area contributed by atoms with Gasteiger partial charge in [0, 0.05) is 6.54 Å². The minimum absolute atomic E-state index is 0.189. The number of carbonyl (C=O) groups excluding carboxylic acids is 1. The molecule has 2 rings (SSSR count). The summed E-state index contributed by atoms with van der Waals surface area (Å²) in [6.45, 7) is 3.00. The zero-order chi connectivity index (χ0) is 18.7. The van der Waals surface area contributed by atoms with E-state index < -0.39 is 11.9 Å². The van der Waals surface area contributed by atoms with Crippen molar-refractivity contribution in [2.24, 2.45) is 0 Å². The van der Waals surface area contributed by atoms with Gasteiger partial charge in [-0.15, -0.1) is 0 Å². The van der Waals surface area contributed by atoms with Crippen molar-refractivity contribution in [1.82, 2.24) is 10.6 Å². The Labute approximate surface area is 145 Å². The number of benzene rings is 1. The molecule has 3 N–H and O–H groups in total. The maximum Gasteiger partial charge on any atom is 0.414 e. The molecule has 1 aromatic rings. The summed E-state index contributed by atoms with van der Waals surface area (Å²) in [6, 6.07) is 9.17. The third-order valence-electron chi connectivity index (χ3n) is 3.27. The molecule has 138 valence electrons. The highest BCUT2D eigenvalue weighted by Gasteiger charge is 2.30. The summed E-state index contributed by atoms with van der Waals surface area (Å²) in [4.78, 5) is 35.5. The number of hydrazine groups is 1. The second-order valence-electron chi connectivity index (χ2n) is 5.07. The fourth-order valence-electron chi connectivity index (χ4n) is 2.12. The number of aliphatic carboxylic acids is 2. The number of rotatable bonds is 5. The van der Waals surface area contributed by atoms with Gasteiger partial charge < -0.3 is 19.8 Å². The zero-order valence-electron chi connectivity index (χ0n) is 13.9. The molecule has 0 radical (unpaired) electrons. The lowest BCUT2D eigenvalue weighted by atomic mass is 10.0. The fraction of sp³-hybridized carbons (Fsp3) is 0.438. The van der Waals surface area contributed by atoms with Gasteiger partial charge in [-0.2, -0.15) is 5.01 Å². The van der Waals surface area contributed by atoms with Gasteiger partial charge in [-0.1, -0.05) is 23.8 Å². The number of hydrogen-bond donors (Lipinski definition) is 3. The minimum Gasteiger partial charge on any atom is -0.473 e. The number of carboxylic acid groups (broad SMARTS) is 2. The Morgan fingerprint density at radius 3 is 2.36 bits per heavy atom. The van der Waals surface area contributed by atoms with E-state index in [1.54, 1.807) is 0 Å². The van der Waals surface area contributed by atoms with Gasteiger partial charge in [0.25, 0.3) is 0 Å². The molecule has 1 aliphatic heterocycles. The van der Waals surface area contributed by atoms with Crippen LogP contribution in [0.1, 0.15) is 26.2 Å². The quantitative estimate of drug-likeness (QED) is 0.404. The van der Waals surface area contributed by atoms with E-state index in [0.29, 0.717) is 6.61 Å². The van der Waals surface area contributed by atoms with Crippen LogP contribution in [0.5, 0.6) is 5.75 Å². The molecule has 0 aromatic heterocycles.